The van der Waals surface area contributed by atoms with Crippen LogP contribution in [0.1, 0.15) is 18.9 Å². The smallest absolute Gasteiger partial charge is 0.328 e. The number of hydrogen-bond donors (Lipinski definition) is 1. The van der Waals surface area contributed by atoms with Crippen LogP contribution in [0, 0.1) is 0 Å². The number of carboxylic acid groups (broad SMARTS) is 1. The fourth-order valence-electron chi connectivity index (χ4n) is 1.97. The van der Waals surface area contributed by atoms with Crippen LogP contribution in [0.15, 0.2) is 24.3 Å². The fraction of sp³-hybridized carbons (Fsp3) is 0.400. The summed E-state index contributed by atoms with van der Waals surface area (Å²) in [6.07, 6.45) is 5.79. The van der Waals surface area contributed by atoms with Gasteiger partial charge in [-0.3, -0.25) is 0 Å². The molecule has 0 spiro atoms. The van der Waals surface area contributed by atoms with E-state index >= 15 is 0 Å². The SMILES string of the molecule is CCC(CSC)N(C)c1ccc(/C=C/C(=O)O)cc1Cl. The molecule has 0 aliphatic carbocycles. The molecule has 1 rings (SSSR count). The van der Waals surface area contributed by atoms with Crippen molar-refractivity contribution in [2.24, 2.45) is 0 Å². The van der Waals surface area contributed by atoms with Crippen LogP contribution in [0.4, 0.5) is 5.69 Å². The zero-order chi connectivity index (χ0) is 15.1. The third-order valence-electron chi connectivity index (χ3n) is 3.15. The summed E-state index contributed by atoms with van der Waals surface area (Å²) in [5, 5.41) is 9.26. The van der Waals surface area contributed by atoms with Crippen molar-refractivity contribution in [1.82, 2.24) is 0 Å². The van der Waals surface area contributed by atoms with E-state index in [0.717, 1.165) is 29.5 Å². The van der Waals surface area contributed by atoms with Crippen LogP contribution in [-0.4, -0.2) is 36.2 Å². The van der Waals surface area contributed by atoms with Crippen molar-refractivity contribution in [3.63, 3.8) is 0 Å². The van der Waals surface area contributed by atoms with Gasteiger partial charge in [-0.25, -0.2) is 4.79 Å². The molecule has 0 aliphatic rings. The molecule has 0 heterocycles. The number of carboxylic acids is 1. The van der Waals surface area contributed by atoms with Gasteiger partial charge in [-0.15, -0.1) is 0 Å². The van der Waals surface area contributed by atoms with Crippen molar-refractivity contribution in [1.29, 1.82) is 0 Å². The number of nitrogens with zero attached hydrogens (tertiary/aromatic N) is 1. The molecule has 1 N–H and O–H groups in total. The van der Waals surface area contributed by atoms with E-state index in [1.54, 1.807) is 6.07 Å². The second-order valence-corrected chi connectivity index (χ2v) is 5.83. The molecular formula is C15H20ClNO2S. The molecule has 110 valence electrons. The molecule has 20 heavy (non-hydrogen) atoms. The lowest BCUT2D eigenvalue weighted by Crippen LogP contribution is -2.33. The highest BCUT2D eigenvalue weighted by Gasteiger charge is 2.15. The van der Waals surface area contributed by atoms with Gasteiger partial charge in [0.05, 0.1) is 10.7 Å². The Bertz CT molecular complexity index is 491. The largest absolute Gasteiger partial charge is 0.478 e. The van der Waals surface area contributed by atoms with Gasteiger partial charge in [-0.1, -0.05) is 24.6 Å². The van der Waals surface area contributed by atoms with E-state index in [0.29, 0.717) is 11.1 Å². The van der Waals surface area contributed by atoms with Gasteiger partial charge in [-0.05, 0) is 36.4 Å². The first-order valence-corrected chi connectivity index (χ1v) is 8.19. The van der Waals surface area contributed by atoms with Crippen LogP contribution >= 0.6 is 23.4 Å². The van der Waals surface area contributed by atoms with Crippen LogP contribution in [0.25, 0.3) is 6.08 Å². The van der Waals surface area contributed by atoms with Gasteiger partial charge in [0.1, 0.15) is 0 Å². The maximum absolute atomic E-state index is 10.5. The average molecular weight is 314 g/mol. The summed E-state index contributed by atoms with van der Waals surface area (Å²) < 4.78 is 0. The van der Waals surface area contributed by atoms with Crippen molar-refractivity contribution in [2.75, 3.05) is 24.0 Å². The Kier molecular flexibility index (Phi) is 6.96. The molecule has 1 aromatic carbocycles. The van der Waals surface area contributed by atoms with Crippen molar-refractivity contribution in [3.8, 4) is 0 Å². The second-order valence-electron chi connectivity index (χ2n) is 4.51. The Labute approximate surface area is 129 Å². The lowest BCUT2D eigenvalue weighted by atomic mass is 10.1. The summed E-state index contributed by atoms with van der Waals surface area (Å²) in [6.45, 7) is 2.16. The number of thioether (sulfide) groups is 1. The number of rotatable bonds is 7. The Morgan fingerprint density at radius 3 is 2.75 bits per heavy atom. The van der Waals surface area contributed by atoms with Crippen LogP contribution < -0.4 is 4.90 Å². The third-order valence-corrected chi connectivity index (χ3v) is 4.17. The van der Waals surface area contributed by atoms with Gasteiger partial charge < -0.3 is 10.0 Å². The fourth-order valence-corrected chi connectivity index (χ4v) is 3.14. The third kappa shape index (κ3) is 4.76. The number of hydrogen-bond acceptors (Lipinski definition) is 3. The Morgan fingerprint density at radius 2 is 2.25 bits per heavy atom. The monoisotopic (exact) mass is 313 g/mol. The minimum absolute atomic E-state index is 0.433. The molecular weight excluding hydrogens is 294 g/mol. The molecule has 0 aliphatic heterocycles. The summed E-state index contributed by atoms with van der Waals surface area (Å²) in [7, 11) is 2.04. The van der Waals surface area contributed by atoms with Crippen molar-refractivity contribution in [2.45, 2.75) is 19.4 Å². The molecule has 5 heteroatoms. The van der Waals surface area contributed by atoms with Gasteiger partial charge in [0.2, 0.25) is 0 Å². The molecule has 3 nitrogen and oxygen atoms in total. The van der Waals surface area contributed by atoms with E-state index in [1.165, 1.54) is 6.08 Å². The van der Waals surface area contributed by atoms with E-state index in [1.807, 2.05) is 30.9 Å². The first-order chi connectivity index (χ1) is 9.49. The maximum atomic E-state index is 10.5. The van der Waals surface area contributed by atoms with Crippen molar-refractivity contribution < 1.29 is 9.90 Å². The van der Waals surface area contributed by atoms with Gasteiger partial charge in [0, 0.05) is 24.9 Å². The molecule has 0 bridgehead atoms. The highest BCUT2D eigenvalue weighted by Crippen LogP contribution is 2.29. The number of aliphatic carboxylic acids is 1. The highest BCUT2D eigenvalue weighted by atomic mass is 35.5. The number of halogens is 1. The maximum Gasteiger partial charge on any atom is 0.328 e. The minimum atomic E-state index is -0.965. The van der Waals surface area contributed by atoms with Crippen LogP contribution in [0.5, 0.6) is 0 Å². The summed E-state index contributed by atoms with van der Waals surface area (Å²) in [5.74, 6) is 0.0811. The second kappa shape index (κ2) is 8.22. The summed E-state index contributed by atoms with van der Waals surface area (Å²) in [4.78, 5) is 12.7. The quantitative estimate of drug-likeness (QED) is 0.772. The van der Waals surface area contributed by atoms with Gasteiger partial charge >= 0.3 is 5.97 Å². The topological polar surface area (TPSA) is 40.5 Å². The zero-order valence-corrected chi connectivity index (χ0v) is 13.5. The summed E-state index contributed by atoms with van der Waals surface area (Å²) in [5.41, 5.74) is 1.76. The standard InChI is InChI=1S/C15H20ClNO2S/c1-4-12(10-20-3)17(2)14-7-5-11(9-13(14)16)6-8-15(18)19/h5-9,12H,4,10H2,1-3H3,(H,18,19)/b8-6+. The lowest BCUT2D eigenvalue weighted by Gasteiger charge is -2.29. The van der Waals surface area contributed by atoms with Gasteiger partial charge in [-0.2, -0.15) is 11.8 Å². The lowest BCUT2D eigenvalue weighted by molar-refractivity contribution is -0.131. The molecule has 0 radical (unpaired) electrons. The zero-order valence-electron chi connectivity index (χ0n) is 12.0. The van der Waals surface area contributed by atoms with Crippen LogP contribution in [0.3, 0.4) is 0 Å². The Morgan fingerprint density at radius 1 is 1.55 bits per heavy atom. The normalized spacial score (nSPS) is 12.6. The van der Waals surface area contributed by atoms with Gasteiger partial charge in [0.15, 0.2) is 0 Å². The van der Waals surface area contributed by atoms with E-state index in [4.69, 9.17) is 16.7 Å². The number of benzene rings is 1. The van der Waals surface area contributed by atoms with Crippen molar-refractivity contribution >= 4 is 41.1 Å². The molecule has 0 amide bonds. The summed E-state index contributed by atoms with van der Waals surface area (Å²) >= 11 is 8.13. The van der Waals surface area contributed by atoms with Crippen LogP contribution in [-0.2, 0) is 4.79 Å². The average Bonchev–Trinajstić information content (AvgIpc) is 2.42. The molecule has 0 saturated heterocycles. The van der Waals surface area contributed by atoms with Gasteiger partial charge in [0.25, 0.3) is 0 Å². The van der Waals surface area contributed by atoms with E-state index in [2.05, 4.69) is 18.1 Å². The minimum Gasteiger partial charge on any atom is -0.478 e. The molecule has 1 atom stereocenters. The number of anilines is 1. The van der Waals surface area contributed by atoms with E-state index < -0.39 is 5.97 Å². The van der Waals surface area contributed by atoms with Crippen LogP contribution in [0.2, 0.25) is 5.02 Å². The molecule has 1 aromatic rings. The molecule has 0 aromatic heterocycles. The van der Waals surface area contributed by atoms with E-state index in [-0.39, 0.29) is 0 Å². The Balaban J connectivity index is 2.94. The summed E-state index contributed by atoms with van der Waals surface area (Å²) in [6, 6.07) is 6.04. The predicted molar refractivity (Wildman–Crippen MR) is 89.0 cm³/mol. The molecule has 0 fully saturated rings. The highest BCUT2D eigenvalue weighted by molar-refractivity contribution is 7.98. The Hall–Kier alpha value is -1.13. The number of carbonyl (C=O) groups is 1. The predicted octanol–water partition coefficient (Wildman–Crippen LogP) is 4.02. The molecule has 0 saturated carbocycles. The van der Waals surface area contributed by atoms with Crippen molar-refractivity contribution in [3.05, 3.63) is 34.9 Å². The first-order valence-electron chi connectivity index (χ1n) is 6.41. The van der Waals surface area contributed by atoms with E-state index in [9.17, 15) is 4.79 Å². The molecule has 1 unspecified atom stereocenters. The first kappa shape index (κ1) is 16.9.